The number of aromatic nitrogens is 4. The van der Waals surface area contributed by atoms with Gasteiger partial charge in [-0.05, 0) is 28.8 Å². The Morgan fingerprint density at radius 1 is 0.306 bits per heavy atom. The Hall–Kier alpha value is -6.65. The van der Waals surface area contributed by atoms with Crippen molar-refractivity contribution in [2.75, 3.05) is 0 Å². The lowest BCUT2D eigenvalue weighted by atomic mass is 9.91. The molecule has 0 spiro atoms. The van der Waals surface area contributed by atoms with Gasteiger partial charge in [0.05, 0.1) is 22.3 Å². The van der Waals surface area contributed by atoms with E-state index in [0.29, 0.717) is 17.5 Å². The van der Waals surface area contributed by atoms with E-state index >= 15 is 0 Å². The Labute approximate surface area is 284 Å². The van der Waals surface area contributed by atoms with E-state index in [2.05, 4.69) is 150 Å². The van der Waals surface area contributed by atoms with Crippen molar-refractivity contribution in [2.24, 2.45) is 0 Å². The fourth-order valence-corrected chi connectivity index (χ4v) is 6.84. The van der Waals surface area contributed by atoms with Crippen LogP contribution in [-0.2, 0) is 0 Å². The highest BCUT2D eigenvalue weighted by Crippen LogP contribution is 2.45. The summed E-state index contributed by atoms with van der Waals surface area (Å²) in [6.45, 7) is 0. The minimum Gasteiger partial charge on any atom is -0.308 e. The standard InChI is InChI=1S/C45H30N4/c1-5-17-31(18-6-1)35-29-30-36(32-19-7-2-8-20-32)42(49-39-27-15-13-25-37(39)38-26-14-16-28-40(38)49)41(35)45-47-43(33-21-9-3-10-22-33)46-44(48-45)34-23-11-4-12-24-34/h1-30H. The Kier molecular flexibility index (Phi) is 7.10. The SMILES string of the molecule is c1ccc(-c2nc(-c3ccccc3)nc(-c3c(-c4ccccc4)ccc(-c4ccccc4)c3-n3c4ccccc4c4ccccc43)n2)cc1. The van der Waals surface area contributed by atoms with Crippen molar-refractivity contribution in [1.29, 1.82) is 0 Å². The van der Waals surface area contributed by atoms with Gasteiger partial charge in [-0.2, -0.15) is 0 Å². The summed E-state index contributed by atoms with van der Waals surface area (Å²) >= 11 is 0. The predicted octanol–water partition coefficient (Wildman–Crippen LogP) is 11.3. The molecule has 0 aliphatic rings. The van der Waals surface area contributed by atoms with Crippen molar-refractivity contribution < 1.29 is 0 Å². The fourth-order valence-electron chi connectivity index (χ4n) is 6.84. The largest absolute Gasteiger partial charge is 0.308 e. The summed E-state index contributed by atoms with van der Waals surface area (Å²) in [6, 6.07) is 63.3. The zero-order chi connectivity index (χ0) is 32.6. The molecule has 0 unspecified atom stereocenters. The minimum absolute atomic E-state index is 0.612. The van der Waals surface area contributed by atoms with Crippen LogP contribution in [-0.4, -0.2) is 19.5 Å². The van der Waals surface area contributed by atoms with E-state index < -0.39 is 0 Å². The zero-order valence-corrected chi connectivity index (χ0v) is 26.6. The number of nitrogens with zero attached hydrogens (tertiary/aromatic N) is 4. The Bertz CT molecular complexity index is 2470. The maximum absolute atomic E-state index is 5.32. The van der Waals surface area contributed by atoms with Crippen LogP contribution in [0.3, 0.4) is 0 Å². The van der Waals surface area contributed by atoms with Gasteiger partial charge in [-0.3, -0.25) is 0 Å². The summed E-state index contributed by atoms with van der Waals surface area (Å²) in [6.07, 6.45) is 0. The van der Waals surface area contributed by atoms with Gasteiger partial charge < -0.3 is 4.57 Å². The van der Waals surface area contributed by atoms with Crippen LogP contribution in [0.1, 0.15) is 0 Å². The predicted molar refractivity (Wildman–Crippen MR) is 201 cm³/mol. The molecule has 4 heteroatoms. The van der Waals surface area contributed by atoms with Crippen LogP contribution < -0.4 is 0 Å². The maximum Gasteiger partial charge on any atom is 0.166 e. The molecule has 2 aromatic heterocycles. The molecule has 7 aromatic carbocycles. The first-order valence-corrected chi connectivity index (χ1v) is 16.5. The van der Waals surface area contributed by atoms with E-state index in [0.717, 1.165) is 55.7 Å². The quantitative estimate of drug-likeness (QED) is 0.184. The van der Waals surface area contributed by atoms with Gasteiger partial charge in [0, 0.05) is 27.5 Å². The average Bonchev–Trinajstić information content (AvgIpc) is 3.52. The number of benzene rings is 7. The Balaban J connectivity index is 1.48. The third kappa shape index (κ3) is 5.07. The van der Waals surface area contributed by atoms with Crippen LogP contribution in [0.25, 0.3) is 83.9 Å². The molecule has 0 aliphatic heterocycles. The van der Waals surface area contributed by atoms with Gasteiger partial charge in [0.2, 0.25) is 0 Å². The summed E-state index contributed by atoms with van der Waals surface area (Å²) in [7, 11) is 0. The molecule has 9 rings (SSSR count). The number of hydrogen-bond acceptors (Lipinski definition) is 3. The third-order valence-electron chi connectivity index (χ3n) is 9.07. The molecular weight excluding hydrogens is 597 g/mol. The van der Waals surface area contributed by atoms with Gasteiger partial charge in [-0.25, -0.2) is 15.0 Å². The van der Waals surface area contributed by atoms with Crippen molar-refractivity contribution in [2.45, 2.75) is 0 Å². The molecule has 230 valence electrons. The van der Waals surface area contributed by atoms with Gasteiger partial charge >= 0.3 is 0 Å². The van der Waals surface area contributed by atoms with Gasteiger partial charge in [0.1, 0.15) is 0 Å². The van der Waals surface area contributed by atoms with Crippen LogP contribution >= 0.6 is 0 Å². The average molecular weight is 627 g/mol. The molecule has 0 N–H and O–H groups in total. The van der Waals surface area contributed by atoms with Gasteiger partial charge in [0.25, 0.3) is 0 Å². The monoisotopic (exact) mass is 626 g/mol. The lowest BCUT2D eigenvalue weighted by molar-refractivity contribution is 1.07. The topological polar surface area (TPSA) is 43.6 Å². The summed E-state index contributed by atoms with van der Waals surface area (Å²) in [5.41, 5.74) is 10.4. The molecule has 0 bridgehead atoms. The molecular formula is C45H30N4. The molecule has 0 aliphatic carbocycles. The molecule has 0 amide bonds. The third-order valence-corrected chi connectivity index (χ3v) is 9.07. The second kappa shape index (κ2) is 12.2. The summed E-state index contributed by atoms with van der Waals surface area (Å²) in [4.78, 5) is 15.7. The van der Waals surface area contributed by atoms with Crippen LogP contribution in [0.5, 0.6) is 0 Å². The first-order valence-electron chi connectivity index (χ1n) is 16.5. The van der Waals surface area contributed by atoms with E-state index in [-0.39, 0.29) is 0 Å². The second-order valence-corrected chi connectivity index (χ2v) is 12.0. The van der Waals surface area contributed by atoms with Crippen molar-refractivity contribution in [3.05, 3.63) is 182 Å². The maximum atomic E-state index is 5.32. The molecule has 0 fully saturated rings. The van der Waals surface area contributed by atoms with Crippen LogP contribution in [0.4, 0.5) is 0 Å². The van der Waals surface area contributed by atoms with Gasteiger partial charge in [0.15, 0.2) is 17.5 Å². The summed E-state index contributed by atoms with van der Waals surface area (Å²) in [5, 5.41) is 2.39. The highest BCUT2D eigenvalue weighted by Gasteiger charge is 2.25. The van der Waals surface area contributed by atoms with E-state index in [1.165, 1.54) is 10.8 Å². The summed E-state index contributed by atoms with van der Waals surface area (Å²) < 4.78 is 2.41. The normalized spacial score (nSPS) is 11.3. The van der Waals surface area contributed by atoms with Crippen LogP contribution in [0, 0.1) is 0 Å². The van der Waals surface area contributed by atoms with Crippen molar-refractivity contribution >= 4 is 21.8 Å². The first kappa shape index (κ1) is 28.6. The minimum atomic E-state index is 0.612. The highest BCUT2D eigenvalue weighted by atomic mass is 15.1. The number of para-hydroxylation sites is 2. The van der Waals surface area contributed by atoms with Crippen molar-refractivity contribution in [1.82, 2.24) is 19.5 Å². The fraction of sp³-hybridized carbons (Fsp3) is 0. The Morgan fingerprint density at radius 3 is 1.16 bits per heavy atom. The molecule has 0 saturated heterocycles. The lowest BCUT2D eigenvalue weighted by Crippen LogP contribution is -2.06. The molecule has 4 nitrogen and oxygen atoms in total. The van der Waals surface area contributed by atoms with Crippen LogP contribution in [0.15, 0.2) is 182 Å². The van der Waals surface area contributed by atoms with Crippen molar-refractivity contribution in [3.8, 4) is 62.1 Å². The molecule has 9 aromatic rings. The number of hydrogen-bond donors (Lipinski definition) is 0. The lowest BCUT2D eigenvalue weighted by Gasteiger charge is -2.22. The van der Waals surface area contributed by atoms with Gasteiger partial charge in [-0.15, -0.1) is 0 Å². The molecule has 0 radical (unpaired) electrons. The molecule has 49 heavy (non-hydrogen) atoms. The van der Waals surface area contributed by atoms with E-state index in [4.69, 9.17) is 15.0 Å². The van der Waals surface area contributed by atoms with Crippen molar-refractivity contribution in [3.63, 3.8) is 0 Å². The number of fused-ring (bicyclic) bond motifs is 3. The first-order chi connectivity index (χ1) is 24.3. The Morgan fingerprint density at radius 2 is 0.673 bits per heavy atom. The molecule has 0 atom stereocenters. The number of rotatable bonds is 6. The van der Waals surface area contributed by atoms with E-state index in [1.54, 1.807) is 0 Å². The highest BCUT2D eigenvalue weighted by molar-refractivity contribution is 6.11. The summed E-state index contributed by atoms with van der Waals surface area (Å²) in [5.74, 6) is 1.87. The smallest absolute Gasteiger partial charge is 0.166 e. The van der Waals surface area contributed by atoms with Gasteiger partial charge in [-0.1, -0.05) is 170 Å². The molecule has 0 saturated carbocycles. The second-order valence-electron chi connectivity index (χ2n) is 12.0. The van der Waals surface area contributed by atoms with Crippen LogP contribution in [0.2, 0.25) is 0 Å². The molecule has 2 heterocycles. The zero-order valence-electron chi connectivity index (χ0n) is 26.6. The van der Waals surface area contributed by atoms with E-state index in [1.807, 2.05) is 36.4 Å². The van der Waals surface area contributed by atoms with E-state index in [9.17, 15) is 0 Å².